The number of halogens is 1. The molecule has 1 saturated carbocycles. The second kappa shape index (κ2) is 7.66. The molecule has 22 heavy (non-hydrogen) atoms. The number of nitrogens with zero attached hydrogens (tertiary/aromatic N) is 4. The van der Waals surface area contributed by atoms with E-state index in [0.717, 1.165) is 19.0 Å². The predicted molar refractivity (Wildman–Crippen MR) is 101 cm³/mol. The summed E-state index contributed by atoms with van der Waals surface area (Å²) in [7, 11) is 3.87. The Morgan fingerprint density at radius 3 is 2.73 bits per heavy atom. The van der Waals surface area contributed by atoms with Gasteiger partial charge in [0.1, 0.15) is 0 Å². The fraction of sp³-hybridized carbons (Fsp3) is 0.750. The largest absolute Gasteiger partial charge is 0.351 e. The summed E-state index contributed by atoms with van der Waals surface area (Å²) in [5.74, 6) is 1.04. The van der Waals surface area contributed by atoms with Crippen LogP contribution in [0.5, 0.6) is 0 Å². The number of rotatable bonds is 2. The molecule has 0 radical (unpaired) electrons. The first kappa shape index (κ1) is 17.6. The molecule has 1 aromatic rings. The maximum absolute atomic E-state index is 4.48. The Morgan fingerprint density at radius 2 is 2.09 bits per heavy atom. The van der Waals surface area contributed by atoms with Gasteiger partial charge in [0.05, 0.1) is 12.2 Å². The summed E-state index contributed by atoms with van der Waals surface area (Å²) in [6, 6.07) is 2.05. The van der Waals surface area contributed by atoms with Crippen LogP contribution < -0.4 is 5.32 Å². The van der Waals surface area contributed by atoms with E-state index in [2.05, 4.69) is 20.3 Å². The van der Waals surface area contributed by atoms with Crippen molar-refractivity contribution < 1.29 is 0 Å². The van der Waals surface area contributed by atoms with Crippen molar-refractivity contribution in [3.63, 3.8) is 0 Å². The Hall–Kier alpha value is -0.790. The monoisotopic (exact) mass is 417 g/mol. The molecule has 1 aliphatic heterocycles. The SMILES string of the molecule is CN=C(NCc1ccnn1C)N1CCC2(CCCCC2)C1.I. The molecule has 1 spiro atoms. The molecule has 2 heterocycles. The van der Waals surface area contributed by atoms with E-state index >= 15 is 0 Å². The molecule has 0 bridgehead atoms. The second-order valence-corrected chi connectivity index (χ2v) is 6.58. The van der Waals surface area contributed by atoms with Gasteiger partial charge >= 0.3 is 0 Å². The van der Waals surface area contributed by atoms with Gasteiger partial charge < -0.3 is 10.2 Å². The van der Waals surface area contributed by atoms with Crippen LogP contribution in [0.15, 0.2) is 17.3 Å². The standard InChI is InChI=1S/C16H27N5.HI/c1-17-15(18-12-14-6-10-19-20(14)2)21-11-9-16(13-21)7-4-3-5-8-16;/h6,10H,3-5,7-9,11-13H2,1-2H3,(H,17,18);1H. The van der Waals surface area contributed by atoms with Gasteiger partial charge in [-0.3, -0.25) is 9.67 Å². The molecule has 1 aromatic heterocycles. The number of guanidine groups is 1. The van der Waals surface area contributed by atoms with Crippen molar-refractivity contribution in [2.75, 3.05) is 20.1 Å². The van der Waals surface area contributed by atoms with Gasteiger partial charge in [-0.1, -0.05) is 19.3 Å². The molecule has 0 unspecified atom stereocenters. The molecule has 2 aliphatic rings. The summed E-state index contributed by atoms with van der Waals surface area (Å²) in [6.07, 6.45) is 10.2. The van der Waals surface area contributed by atoms with E-state index in [9.17, 15) is 0 Å². The number of hydrogen-bond donors (Lipinski definition) is 1. The van der Waals surface area contributed by atoms with Gasteiger partial charge in [0.2, 0.25) is 0 Å². The van der Waals surface area contributed by atoms with E-state index < -0.39 is 0 Å². The van der Waals surface area contributed by atoms with Crippen molar-refractivity contribution in [2.45, 2.75) is 45.1 Å². The first-order valence-corrected chi connectivity index (χ1v) is 8.15. The summed E-state index contributed by atoms with van der Waals surface area (Å²) >= 11 is 0. The topological polar surface area (TPSA) is 45.5 Å². The average Bonchev–Trinajstić information content (AvgIpc) is 3.08. The normalized spacial score (nSPS) is 21.0. The van der Waals surface area contributed by atoms with Crippen molar-refractivity contribution in [1.82, 2.24) is 20.0 Å². The smallest absolute Gasteiger partial charge is 0.193 e. The number of aromatic nitrogens is 2. The highest BCUT2D eigenvalue weighted by Crippen LogP contribution is 2.43. The van der Waals surface area contributed by atoms with Crippen LogP contribution in [0.1, 0.15) is 44.2 Å². The molecular weight excluding hydrogens is 389 g/mol. The summed E-state index contributed by atoms with van der Waals surface area (Å²) in [5, 5.41) is 7.70. The van der Waals surface area contributed by atoms with E-state index in [1.807, 2.05) is 31.0 Å². The van der Waals surface area contributed by atoms with Crippen LogP contribution in [-0.2, 0) is 13.6 Å². The van der Waals surface area contributed by atoms with E-state index in [4.69, 9.17) is 0 Å². The van der Waals surface area contributed by atoms with Gasteiger partial charge in [0.15, 0.2) is 5.96 Å². The van der Waals surface area contributed by atoms with Gasteiger partial charge in [0.25, 0.3) is 0 Å². The molecule has 1 aliphatic carbocycles. The van der Waals surface area contributed by atoms with Crippen LogP contribution in [-0.4, -0.2) is 40.8 Å². The third-order valence-corrected chi connectivity index (χ3v) is 5.21. The van der Waals surface area contributed by atoms with E-state index in [0.29, 0.717) is 5.41 Å². The number of aliphatic imine (C=N–C) groups is 1. The van der Waals surface area contributed by atoms with E-state index in [1.165, 1.54) is 50.8 Å². The van der Waals surface area contributed by atoms with Gasteiger partial charge in [-0.25, -0.2) is 0 Å². The quantitative estimate of drug-likeness (QED) is 0.457. The zero-order valence-electron chi connectivity index (χ0n) is 13.7. The van der Waals surface area contributed by atoms with Gasteiger partial charge in [-0.05, 0) is 30.7 Å². The molecule has 0 atom stereocenters. The molecule has 2 fully saturated rings. The van der Waals surface area contributed by atoms with Crippen molar-refractivity contribution in [2.24, 2.45) is 17.5 Å². The minimum Gasteiger partial charge on any atom is -0.351 e. The molecule has 0 aromatic carbocycles. The lowest BCUT2D eigenvalue weighted by Crippen LogP contribution is -2.41. The Morgan fingerprint density at radius 1 is 1.32 bits per heavy atom. The minimum absolute atomic E-state index is 0. The lowest BCUT2D eigenvalue weighted by atomic mass is 9.73. The molecule has 6 heteroatoms. The molecule has 5 nitrogen and oxygen atoms in total. The fourth-order valence-corrected chi connectivity index (χ4v) is 3.90. The first-order chi connectivity index (χ1) is 10.2. The van der Waals surface area contributed by atoms with Crippen molar-refractivity contribution in [1.29, 1.82) is 0 Å². The van der Waals surface area contributed by atoms with Gasteiger partial charge in [-0.2, -0.15) is 5.10 Å². The zero-order chi connectivity index (χ0) is 14.7. The maximum atomic E-state index is 4.48. The van der Waals surface area contributed by atoms with Crippen molar-refractivity contribution in [3.05, 3.63) is 18.0 Å². The van der Waals surface area contributed by atoms with E-state index in [-0.39, 0.29) is 24.0 Å². The van der Waals surface area contributed by atoms with Gasteiger partial charge in [0, 0.05) is 33.4 Å². The molecule has 124 valence electrons. The Balaban J connectivity index is 0.00000176. The second-order valence-electron chi connectivity index (χ2n) is 6.58. The molecular formula is C16H28IN5. The average molecular weight is 417 g/mol. The fourth-order valence-electron chi connectivity index (χ4n) is 3.90. The summed E-state index contributed by atoms with van der Waals surface area (Å²) in [5.41, 5.74) is 1.75. The number of aryl methyl sites for hydroxylation is 1. The minimum atomic E-state index is 0. The third-order valence-electron chi connectivity index (χ3n) is 5.21. The Bertz CT molecular complexity index is 504. The Labute approximate surface area is 150 Å². The maximum Gasteiger partial charge on any atom is 0.193 e. The van der Waals surface area contributed by atoms with Crippen LogP contribution in [0, 0.1) is 5.41 Å². The summed E-state index contributed by atoms with van der Waals surface area (Å²) in [4.78, 5) is 6.93. The highest BCUT2D eigenvalue weighted by atomic mass is 127. The predicted octanol–water partition coefficient (Wildman–Crippen LogP) is 2.77. The van der Waals surface area contributed by atoms with Crippen LogP contribution in [0.3, 0.4) is 0 Å². The molecule has 3 rings (SSSR count). The van der Waals surface area contributed by atoms with Crippen LogP contribution >= 0.6 is 24.0 Å². The third kappa shape index (κ3) is 3.75. The zero-order valence-corrected chi connectivity index (χ0v) is 16.0. The number of nitrogens with one attached hydrogen (secondary N) is 1. The lowest BCUT2D eigenvalue weighted by molar-refractivity contribution is 0.203. The highest BCUT2D eigenvalue weighted by Gasteiger charge is 2.39. The van der Waals surface area contributed by atoms with E-state index in [1.54, 1.807) is 0 Å². The molecule has 1 saturated heterocycles. The summed E-state index contributed by atoms with van der Waals surface area (Å²) in [6.45, 7) is 3.11. The number of likely N-dealkylation sites (tertiary alicyclic amines) is 1. The highest BCUT2D eigenvalue weighted by molar-refractivity contribution is 14.0. The van der Waals surface area contributed by atoms with Crippen molar-refractivity contribution >= 4 is 29.9 Å². The van der Waals surface area contributed by atoms with Crippen LogP contribution in [0.4, 0.5) is 0 Å². The number of hydrogen-bond acceptors (Lipinski definition) is 2. The van der Waals surface area contributed by atoms with Crippen molar-refractivity contribution in [3.8, 4) is 0 Å². The van der Waals surface area contributed by atoms with Crippen LogP contribution in [0.25, 0.3) is 0 Å². The lowest BCUT2D eigenvalue weighted by Gasteiger charge is -2.33. The summed E-state index contributed by atoms with van der Waals surface area (Å²) < 4.78 is 1.91. The van der Waals surface area contributed by atoms with Gasteiger partial charge in [-0.15, -0.1) is 24.0 Å². The van der Waals surface area contributed by atoms with Crippen LogP contribution in [0.2, 0.25) is 0 Å². The first-order valence-electron chi connectivity index (χ1n) is 8.15. The Kier molecular flexibility index (Phi) is 6.11. The molecule has 1 N–H and O–H groups in total. The molecule has 0 amide bonds.